The van der Waals surface area contributed by atoms with Gasteiger partial charge in [0.1, 0.15) is 17.6 Å². The van der Waals surface area contributed by atoms with Crippen molar-refractivity contribution < 1.29 is 18.7 Å². The molecule has 0 spiro atoms. The van der Waals surface area contributed by atoms with Crippen LogP contribution in [0.3, 0.4) is 0 Å². The second-order valence-electron chi connectivity index (χ2n) is 7.22. The Morgan fingerprint density at radius 1 is 1.26 bits per heavy atom. The van der Waals surface area contributed by atoms with Crippen LogP contribution < -0.4 is 4.90 Å². The van der Waals surface area contributed by atoms with Crippen LogP contribution in [-0.2, 0) is 4.74 Å². The lowest BCUT2D eigenvalue weighted by Gasteiger charge is -2.14. The molecule has 0 N–H and O–H groups in total. The number of benzene rings is 1. The van der Waals surface area contributed by atoms with Gasteiger partial charge in [0.15, 0.2) is 5.78 Å². The zero-order chi connectivity index (χ0) is 21.4. The molecule has 156 valence electrons. The van der Waals surface area contributed by atoms with E-state index in [0.29, 0.717) is 28.1 Å². The Morgan fingerprint density at radius 2 is 2.16 bits per heavy atom. The Hall–Kier alpha value is -3.59. The van der Waals surface area contributed by atoms with Gasteiger partial charge in [-0.25, -0.2) is 14.2 Å². The number of nitrogens with zero attached hydrogens (tertiary/aromatic N) is 4. The maximum atomic E-state index is 14.9. The van der Waals surface area contributed by atoms with Crippen molar-refractivity contribution in [1.82, 2.24) is 14.4 Å². The molecule has 0 aliphatic carbocycles. The van der Waals surface area contributed by atoms with Crippen molar-refractivity contribution in [2.24, 2.45) is 0 Å². The molecule has 7 nitrogen and oxygen atoms in total. The number of imidazole rings is 1. The first kappa shape index (κ1) is 19.4. The van der Waals surface area contributed by atoms with Gasteiger partial charge in [-0.05, 0) is 42.3 Å². The van der Waals surface area contributed by atoms with Crippen LogP contribution >= 0.6 is 11.3 Å². The number of fused-ring (bicyclic) bond motifs is 1. The summed E-state index contributed by atoms with van der Waals surface area (Å²) in [5.74, 6) is -0.466. The van der Waals surface area contributed by atoms with Crippen LogP contribution in [0, 0.1) is 5.82 Å². The van der Waals surface area contributed by atoms with Gasteiger partial charge in [-0.3, -0.25) is 14.7 Å². The summed E-state index contributed by atoms with van der Waals surface area (Å²) in [5.41, 5.74) is 3.87. The molecule has 1 fully saturated rings. The van der Waals surface area contributed by atoms with Gasteiger partial charge >= 0.3 is 6.09 Å². The highest BCUT2D eigenvalue weighted by molar-refractivity contribution is 7.11. The SMILES string of the molecule is O=C(CC[C@H]1CN(c2ccc(-c3ccn4ccnc4c3)c(F)c2)C(=O)O1)c1cncs1. The van der Waals surface area contributed by atoms with Gasteiger partial charge in [0.05, 0.1) is 22.6 Å². The molecule has 1 aliphatic rings. The van der Waals surface area contributed by atoms with Crippen molar-refractivity contribution in [3.8, 4) is 11.1 Å². The number of carbonyl (C=O) groups excluding carboxylic acids is 2. The third kappa shape index (κ3) is 3.79. The number of amides is 1. The van der Waals surface area contributed by atoms with Crippen molar-refractivity contribution in [1.29, 1.82) is 0 Å². The number of ether oxygens (including phenoxy) is 1. The molecule has 3 aromatic heterocycles. The highest BCUT2D eigenvalue weighted by Crippen LogP contribution is 2.30. The number of ketones is 1. The third-order valence-corrected chi connectivity index (χ3v) is 6.06. The number of halogens is 1. The molecule has 0 radical (unpaired) electrons. The van der Waals surface area contributed by atoms with E-state index in [2.05, 4.69) is 9.97 Å². The van der Waals surface area contributed by atoms with Gasteiger partial charge in [-0.15, -0.1) is 11.3 Å². The lowest BCUT2D eigenvalue weighted by molar-refractivity contribution is 0.0943. The third-order valence-electron chi connectivity index (χ3n) is 5.25. The van der Waals surface area contributed by atoms with Crippen LogP contribution in [0.5, 0.6) is 0 Å². The van der Waals surface area contributed by atoms with E-state index in [1.165, 1.54) is 28.5 Å². The van der Waals surface area contributed by atoms with E-state index in [0.717, 1.165) is 5.65 Å². The molecule has 0 unspecified atom stereocenters. The predicted octanol–water partition coefficient (Wildman–Crippen LogP) is 4.59. The fourth-order valence-electron chi connectivity index (χ4n) is 3.64. The van der Waals surface area contributed by atoms with Gasteiger partial charge in [0, 0.05) is 36.8 Å². The average molecular weight is 436 g/mol. The number of aromatic nitrogens is 3. The quantitative estimate of drug-likeness (QED) is 0.414. The standard InChI is InChI=1S/C22H17FN4O3S/c23-18-10-15(1-3-17(18)14-5-7-26-8-6-25-21(26)9-14)27-12-16(30-22(27)29)2-4-19(28)20-11-24-13-31-20/h1,3,5-11,13,16H,2,4,12H2/t16-/m0/s1. The van der Waals surface area contributed by atoms with Gasteiger partial charge in [-0.2, -0.15) is 0 Å². The van der Waals surface area contributed by atoms with E-state index in [1.807, 2.05) is 22.9 Å². The summed E-state index contributed by atoms with van der Waals surface area (Å²) < 4.78 is 22.1. The summed E-state index contributed by atoms with van der Waals surface area (Å²) >= 11 is 1.29. The van der Waals surface area contributed by atoms with Crippen LogP contribution in [0.15, 0.2) is 60.6 Å². The molecule has 0 bridgehead atoms. The molecule has 1 amide bonds. The number of carbonyl (C=O) groups is 2. The van der Waals surface area contributed by atoms with Crippen molar-refractivity contribution in [3.63, 3.8) is 0 Å². The topological polar surface area (TPSA) is 76.8 Å². The number of pyridine rings is 1. The predicted molar refractivity (Wildman–Crippen MR) is 114 cm³/mol. The molecular formula is C22H17FN4O3S. The van der Waals surface area contributed by atoms with Crippen molar-refractivity contribution >= 4 is 34.5 Å². The Balaban J connectivity index is 1.29. The molecule has 5 rings (SSSR count). The highest BCUT2D eigenvalue weighted by atomic mass is 32.1. The van der Waals surface area contributed by atoms with Crippen molar-refractivity contribution in [2.45, 2.75) is 18.9 Å². The summed E-state index contributed by atoms with van der Waals surface area (Å²) in [4.78, 5) is 34.6. The zero-order valence-electron chi connectivity index (χ0n) is 16.3. The van der Waals surface area contributed by atoms with Crippen molar-refractivity contribution in [3.05, 3.63) is 71.3 Å². The first-order valence-corrected chi connectivity index (χ1v) is 10.6. The molecule has 31 heavy (non-hydrogen) atoms. The van der Waals surface area contributed by atoms with Crippen LogP contribution in [0.4, 0.5) is 14.9 Å². The highest BCUT2D eigenvalue weighted by Gasteiger charge is 2.33. The van der Waals surface area contributed by atoms with E-state index < -0.39 is 18.0 Å². The van der Waals surface area contributed by atoms with Crippen LogP contribution in [0.1, 0.15) is 22.5 Å². The summed E-state index contributed by atoms with van der Waals surface area (Å²) in [6, 6.07) is 8.29. The number of Topliss-reactive ketones (excluding diaryl/α,β-unsaturated/α-hetero) is 1. The fraction of sp³-hybridized carbons (Fsp3) is 0.182. The minimum absolute atomic E-state index is 0.0261. The maximum Gasteiger partial charge on any atom is 0.414 e. The number of hydrogen-bond donors (Lipinski definition) is 0. The Bertz CT molecular complexity index is 1270. The molecule has 1 aromatic carbocycles. The second kappa shape index (κ2) is 7.92. The van der Waals surface area contributed by atoms with Gasteiger partial charge in [0.2, 0.25) is 0 Å². The number of anilines is 1. The smallest absolute Gasteiger partial charge is 0.414 e. The summed E-state index contributed by atoms with van der Waals surface area (Å²) in [7, 11) is 0. The fourth-order valence-corrected chi connectivity index (χ4v) is 4.23. The molecule has 0 saturated carbocycles. The average Bonchev–Trinajstić information content (AvgIpc) is 3.52. The summed E-state index contributed by atoms with van der Waals surface area (Å²) in [6.07, 6.45) is 6.56. The van der Waals surface area contributed by atoms with Gasteiger partial charge in [-0.1, -0.05) is 0 Å². The van der Waals surface area contributed by atoms with E-state index in [9.17, 15) is 14.0 Å². The van der Waals surface area contributed by atoms with E-state index in [-0.39, 0.29) is 18.7 Å². The minimum atomic E-state index is -0.541. The van der Waals surface area contributed by atoms with E-state index in [1.54, 1.807) is 29.9 Å². The van der Waals surface area contributed by atoms with E-state index >= 15 is 0 Å². The monoisotopic (exact) mass is 436 g/mol. The van der Waals surface area contributed by atoms with Crippen molar-refractivity contribution in [2.75, 3.05) is 11.4 Å². The minimum Gasteiger partial charge on any atom is -0.444 e. The molecular weight excluding hydrogens is 419 g/mol. The van der Waals surface area contributed by atoms with E-state index in [4.69, 9.17) is 4.74 Å². The number of hydrogen-bond acceptors (Lipinski definition) is 6. The zero-order valence-corrected chi connectivity index (χ0v) is 17.1. The molecule has 4 aromatic rings. The molecule has 4 heterocycles. The number of thiazole rings is 1. The van der Waals surface area contributed by atoms with Crippen LogP contribution in [-0.4, -0.2) is 38.9 Å². The Morgan fingerprint density at radius 3 is 2.97 bits per heavy atom. The summed E-state index contributed by atoms with van der Waals surface area (Å²) in [6.45, 7) is 0.271. The van der Waals surface area contributed by atoms with Crippen LogP contribution in [0.2, 0.25) is 0 Å². The number of cyclic esters (lactones) is 1. The molecule has 1 saturated heterocycles. The first-order chi connectivity index (χ1) is 15.1. The number of rotatable bonds is 6. The molecule has 1 atom stereocenters. The Labute approximate surface area is 180 Å². The largest absolute Gasteiger partial charge is 0.444 e. The van der Waals surface area contributed by atoms with Crippen LogP contribution in [0.25, 0.3) is 16.8 Å². The van der Waals surface area contributed by atoms with Gasteiger partial charge in [0.25, 0.3) is 0 Å². The first-order valence-electron chi connectivity index (χ1n) is 9.71. The lowest BCUT2D eigenvalue weighted by Crippen LogP contribution is -2.24. The Kier molecular flexibility index (Phi) is 4.95. The maximum absolute atomic E-state index is 14.9. The van der Waals surface area contributed by atoms with Gasteiger partial charge < -0.3 is 9.14 Å². The molecule has 9 heteroatoms. The molecule has 1 aliphatic heterocycles. The normalized spacial score (nSPS) is 16.1. The lowest BCUT2D eigenvalue weighted by atomic mass is 10.1. The second-order valence-corrected chi connectivity index (χ2v) is 8.10. The summed E-state index contributed by atoms with van der Waals surface area (Å²) in [5, 5.41) is 0.